The summed E-state index contributed by atoms with van der Waals surface area (Å²) < 4.78 is 6.03. The van der Waals surface area contributed by atoms with Gasteiger partial charge in [-0.3, -0.25) is 4.79 Å². The first-order valence-electron chi connectivity index (χ1n) is 9.91. The van der Waals surface area contributed by atoms with Gasteiger partial charge in [0.1, 0.15) is 6.10 Å². The number of carbonyl (C=O) groups is 1. The molecule has 3 fully saturated rings. The summed E-state index contributed by atoms with van der Waals surface area (Å²) >= 11 is 0. The summed E-state index contributed by atoms with van der Waals surface area (Å²) in [7, 11) is 0. The van der Waals surface area contributed by atoms with E-state index in [4.69, 9.17) is 4.74 Å². The highest BCUT2D eigenvalue weighted by Crippen LogP contribution is 2.33. The molecular formula is C21H30N2O2. The summed E-state index contributed by atoms with van der Waals surface area (Å²) in [6.45, 7) is 2.87. The molecule has 25 heavy (non-hydrogen) atoms. The van der Waals surface area contributed by atoms with Gasteiger partial charge in [-0.1, -0.05) is 29.8 Å². The van der Waals surface area contributed by atoms with E-state index < -0.39 is 0 Å². The van der Waals surface area contributed by atoms with Crippen molar-refractivity contribution in [1.82, 2.24) is 10.6 Å². The minimum absolute atomic E-state index is 0.0116. The van der Waals surface area contributed by atoms with Gasteiger partial charge in [-0.05, 0) is 56.9 Å². The van der Waals surface area contributed by atoms with E-state index in [2.05, 4.69) is 41.8 Å². The number of amides is 1. The van der Waals surface area contributed by atoms with E-state index in [1.54, 1.807) is 0 Å². The Morgan fingerprint density at radius 3 is 2.60 bits per heavy atom. The lowest BCUT2D eigenvalue weighted by Crippen LogP contribution is -2.44. The number of carbonyl (C=O) groups excluding carboxylic acids is 1. The molecule has 3 aliphatic heterocycles. The number of benzene rings is 1. The van der Waals surface area contributed by atoms with Crippen molar-refractivity contribution in [2.45, 2.75) is 76.1 Å². The van der Waals surface area contributed by atoms with Crippen molar-refractivity contribution in [2.75, 3.05) is 6.61 Å². The number of hydrogen-bond acceptors (Lipinski definition) is 3. The number of piperidine rings is 1. The molecule has 4 nitrogen and oxygen atoms in total. The molecule has 3 saturated heterocycles. The standard InChI is InChI=1S/C21H30N2O2/c1-14-4-6-16(7-5-14)21-19(3-2-10-25-21)23-20(24)13-15-11-17-8-9-18(12-15)22-17/h4-7,15,17-19,21-22H,2-3,8-13H2,1H3,(H,23,24). The quantitative estimate of drug-likeness (QED) is 0.883. The molecule has 0 spiro atoms. The van der Waals surface area contributed by atoms with Crippen LogP contribution in [-0.2, 0) is 9.53 Å². The highest BCUT2D eigenvalue weighted by Gasteiger charge is 2.35. The van der Waals surface area contributed by atoms with Crippen LogP contribution in [0.4, 0.5) is 0 Å². The van der Waals surface area contributed by atoms with E-state index in [1.165, 1.54) is 24.0 Å². The molecule has 0 radical (unpaired) electrons. The average molecular weight is 342 g/mol. The molecule has 1 aromatic rings. The Morgan fingerprint density at radius 1 is 1.16 bits per heavy atom. The predicted octanol–water partition coefficient (Wildman–Crippen LogP) is 3.25. The van der Waals surface area contributed by atoms with Gasteiger partial charge in [-0.2, -0.15) is 0 Å². The summed E-state index contributed by atoms with van der Waals surface area (Å²) in [5.41, 5.74) is 2.43. The summed E-state index contributed by atoms with van der Waals surface area (Å²) in [4.78, 5) is 12.7. The first-order valence-corrected chi connectivity index (χ1v) is 9.91. The number of rotatable bonds is 4. The topological polar surface area (TPSA) is 50.4 Å². The van der Waals surface area contributed by atoms with Crippen molar-refractivity contribution in [3.63, 3.8) is 0 Å². The SMILES string of the molecule is Cc1ccc(C2OCCCC2NC(=O)CC2CC3CCC(C2)N3)cc1. The van der Waals surface area contributed by atoms with Gasteiger partial charge in [0.2, 0.25) is 5.91 Å². The van der Waals surface area contributed by atoms with Crippen LogP contribution in [-0.4, -0.2) is 30.6 Å². The van der Waals surface area contributed by atoms with E-state index in [0.29, 0.717) is 24.4 Å². The minimum Gasteiger partial charge on any atom is -0.371 e. The first-order chi connectivity index (χ1) is 12.2. The molecule has 136 valence electrons. The molecule has 4 rings (SSSR count). The van der Waals surface area contributed by atoms with Gasteiger partial charge >= 0.3 is 0 Å². The third kappa shape index (κ3) is 4.06. The summed E-state index contributed by atoms with van der Waals surface area (Å²) in [6, 6.07) is 9.91. The van der Waals surface area contributed by atoms with Gasteiger partial charge in [0.15, 0.2) is 0 Å². The molecule has 4 unspecified atom stereocenters. The Bertz CT molecular complexity index is 588. The normalized spacial score (nSPS) is 34.7. The van der Waals surface area contributed by atoms with E-state index >= 15 is 0 Å². The van der Waals surface area contributed by atoms with Crippen LogP contribution in [0.2, 0.25) is 0 Å². The smallest absolute Gasteiger partial charge is 0.220 e. The Kier molecular flexibility index (Phi) is 5.09. The average Bonchev–Trinajstić information content (AvgIpc) is 2.95. The van der Waals surface area contributed by atoms with Crippen LogP contribution in [0.15, 0.2) is 24.3 Å². The summed E-state index contributed by atoms with van der Waals surface area (Å²) in [5.74, 6) is 0.750. The van der Waals surface area contributed by atoms with Crippen LogP contribution in [0, 0.1) is 12.8 Å². The van der Waals surface area contributed by atoms with E-state index in [-0.39, 0.29) is 18.1 Å². The van der Waals surface area contributed by atoms with Crippen LogP contribution in [0.3, 0.4) is 0 Å². The summed E-state index contributed by atoms with van der Waals surface area (Å²) in [6.07, 6.45) is 7.57. The lowest BCUT2D eigenvalue weighted by Gasteiger charge is -2.34. The Labute approximate surface area is 150 Å². The second-order valence-electron chi connectivity index (χ2n) is 8.20. The van der Waals surface area contributed by atoms with Gasteiger partial charge < -0.3 is 15.4 Å². The zero-order valence-electron chi connectivity index (χ0n) is 15.2. The molecule has 4 atom stereocenters. The molecule has 3 heterocycles. The Hall–Kier alpha value is -1.39. The number of nitrogens with one attached hydrogen (secondary N) is 2. The fourth-order valence-electron chi connectivity index (χ4n) is 4.88. The number of ether oxygens (including phenoxy) is 1. The van der Waals surface area contributed by atoms with Crippen LogP contribution in [0.5, 0.6) is 0 Å². The Balaban J connectivity index is 1.36. The predicted molar refractivity (Wildman–Crippen MR) is 98.3 cm³/mol. The maximum Gasteiger partial charge on any atom is 0.220 e. The number of aryl methyl sites for hydroxylation is 1. The highest BCUT2D eigenvalue weighted by atomic mass is 16.5. The first kappa shape index (κ1) is 17.0. The molecular weight excluding hydrogens is 312 g/mol. The second kappa shape index (κ2) is 7.46. The van der Waals surface area contributed by atoms with Gasteiger partial charge in [0.05, 0.1) is 6.04 Å². The maximum atomic E-state index is 12.7. The second-order valence-corrected chi connectivity index (χ2v) is 8.20. The zero-order valence-corrected chi connectivity index (χ0v) is 15.2. The molecule has 4 heteroatoms. The third-order valence-electron chi connectivity index (χ3n) is 6.12. The van der Waals surface area contributed by atoms with Crippen LogP contribution < -0.4 is 10.6 Å². The van der Waals surface area contributed by atoms with Gasteiger partial charge in [0.25, 0.3) is 0 Å². The van der Waals surface area contributed by atoms with E-state index in [0.717, 1.165) is 32.3 Å². The molecule has 1 aromatic carbocycles. The van der Waals surface area contributed by atoms with Crippen molar-refractivity contribution in [3.05, 3.63) is 35.4 Å². The van der Waals surface area contributed by atoms with Crippen molar-refractivity contribution in [3.8, 4) is 0 Å². The third-order valence-corrected chi connectivity index (χ3v) is 6.12. The molecule has 1 amide bonds. The van der Waals surface area contributed by atoms with Crippen LogP contribution >= 0.6 is 0 Å². The number of hydrogen-bond donors (Lipinski definition) is 2. The van der Waals surface area contributed by atoms with Gasteiger partial charge in [-0.15, -0.1) is 0 Å². The van der Waals surface area contributed by atoms with Crippen molar-refractivity contribution >= 4 is 5.91 Å². The zero-order chi connectivity index (χ0) is 17.2. The van der Waals surface area contributed by atoms with Crippen LogP contribution in [0.1, 0.15) is 62.2 Å². The molecule has 2 N–H and O–H groups in total. The number of fused-ring (bicyclic) bond motifs is 2. The highest BCUT2D eigenvalue weighted by molar-refractivity contribution is 5.76. The van der Waals surface area contributed by atoms with Crippen molar-refractivity contribution in [2.24, 2.45) is 5.92 Å². The maximum absolute atomic E-state index is 12.7. The van der Waals surface area contributed by atoms with Crippen molar-refractivity contribution in [1.29, 1.82) is 0 Å². The van der Waals surface area contributed by atoms with Gasteiger partial charge in [-0.25, -0.2) is 0 Å². The van der Waals surface area contributed by atoms with Crippen LogP contribution in [0.25, 0.3) is 0 Å². The fourth-order valence-corrected chi connectivity index (χ4v) is 4.88. The molecule has 0 aliphatic carbocycles. The largest absolute Gasteiger partial charge is 0.371 e. The summed E-state index contributed by atoms with van der Waals surface area (Å²) in [5, 5.41) is 6.95. The molecule has 2 bridgehead atoms. The molecule has 0 saturated carbocycles. The Morgan fingerprint density at radius 2 is 1.88 bits per heavy atom. The molecule has 3 aliphatic rings. The lowest BCUT2D eigenvalue weighted by atomic mass is 9.89. The molecule has 0 aromatic heterocycles. The van der Waals surface area contributed by atoms with Crippen molar-refractivity contribution < 1.29 is 9.53 Å². The minimum atomic E-state index is -0.0116. The fraction of sp³-hybridized carbons (Fsp3) is 0.667. The van der Waals surface area contributed by atoms with E-state index in [9.17, 15) is 4.79 Å². The monoisotopic (exact) mass is 342 g/mol. The lowest BCUT2D eigenvalue weighted by molar-refractivity contribution is -0.125. The van der Waals surface area contributed by atoms with Gasteiger partial charge in [0, 0.05) is 25.1 Å². The van der Waals surface area contributed by atoms with E-state index in [1.807, 2.05) is 0 Å².